The highest BCUT2D eigenvalue weighted by Gasteiger charge is 2.10. The van der Waals surface area contributed by atoms with Crippen molar-refractivity contribution in [1.82, 2.24) is 0 Å². The van der Waals surface area contributed by atoms with Crippen molar-refractivity contribution in [3.8, 4) is 5.75 Å². The molecule has 1 aromatic heterocycles. The minimum atomic E-state index is -0.0142. The highest BCUT2D eigenvalue weighted by atomic mass is 32.1. The van der Waals surface area contributed by atoms with Crippen molar-refractivity contribution in [2.45, 2.75) is 104 Å². The maximum atomic E-state index is 12.7. The number of amides is 1. The van der Waals surface area contributed by atoms with Gasteiger partial charge in [0.1, 0.15) is 5.75 Å². The molecule has 3 rings (SSSR count). The summed E-state index contributed by atoms with van der Waals surface area (Å²) in [7, 11) is 0. The van der Waals surface area contributed by atoms with E-state index in [0.717, 1.165) is 36.6 Å². The summed E-state index contributed by atoms with van der Waals surface area (Å²) < 4.78 is 8.20. The Morgan fingerprint density at radius 1 is 0.842 bits per heavy atom. The maximum Gasteiger partial charge on any atom is 0.228 e. The SMILES string of the molecule is CCCCCCCCCCCCCCOc1cccc(CC(=O)Nc2cccc(C[n+]3cscc3C)c2)c1. The number of ether oxygens (including phenoxy) is 1. The number of carbonyl (C=O) groups is 1. The van der Waals surface area contributed by atoms with Crippen LogP contribution in [-0.2, 0) is 17.8 Å². The van der Waals surface area contributed by atoms with Gasteiger partial charge in [-0.15, -0.1) is 0 Å². The molecule has 0 saturated heterocycles. The van der Waals surface area contributed by atoms with Gasteiger partial charge in [-0.05, 0) is 36.2 Å². The fourth-order valence-corrected chi connectivity index (χ4v) is 5.51. The second-order valence-electron chi connectivity index (χ2n) is 10.4. The van der Waals surface area contributed by atoms with Gasteiger partial charge in [-0.2, -0.15) is 4.57 Å². The molecular formula is C33H47N2O2S+. The maximum absolute atomic E-state index is 12.7. The molecule has 5 heteroatoms. The molecule has 1 N–H and O–H groups in total. The molecule has 0 aliphatic rings. The van der Waals surface area contributed by atoms with Crippen molar-refractivity contribution in [3.05, 3.63) is 76.2 Å². The first-order chi connectivity index (χ1) is 18.6. The number of aromatic nitrogens is 1. The van der Waals surface area contributed by atoms with Crippen LogP contribution in [0.15, 0.2) is 59.4 Å². The summed E-state index contributed by atoms with van der Waals surface area (Å²) in [4.78, 5) is 12.7. The van der Waals surface area contributed by atoms with Crippen LogP contribution in [0.25, 0.3) is 0 Å². The molecule has 0 radical (unpaired) electrons. The summed E-state index contributed by atoms with van der Waals surface area (Å²) in [5.41, 5.74) is 6.33. The number of hydrogen-bond acceptors (Lipinski definition) is 3. The van der Waals surface area contributed by atoms with E-state index in [-0.39, 0.29) is 5.91 Å². The van der Waals surface area contributed by atoms with Crippen molar-refractivity contribution >= 4 is 22.9 Å². The van der Waals surface area contributed by atoms with Gasteiger partial charge in [-0.3, -0.25) is 4.79 Å². The Kier molecular flexibility index (Phi) is 14.0. The van der Waals surface area contributed by atoms with Crippen LogP contribution >= 0.6 is 11.3 Å². The Morgan fingerprint density at radius 2 is 1.50 bits per heavy atom. The lowest BCUT2D eigenvalue weighted by Crippen LogP contribution is -2.34. The van der Waals surface area contributed by atoms with Crippen LogP contribution in [-0.4, -0.2) is 12.5 Å². The van der Waals surface area contributed by atoms with Gasteiger partial charge in [-0.1, -0.05) is 113 Å². The zero-order valence-corrected chi connectivity index (χ0v) is 24.4. The zero-order chi connectivity index (χ0) is 26.8. The average Bonchev–Trinajstić information content (AvgIpc) is 3.31. The minimum Gasteiger partial charge on any atom is -0.494 e. The highest BCUT2D eigenvalue weighted by Crippen LogP contribution is 2.17. The van der Waals surface area contributed by atoms with Crippen LogP contribution < -0.4 is 14.6 Å². The third-order valence-corrected chi connectivity index (χ3v) is 7.83. The number of nitrogens with zero attached hydrogens (tertiary/aromatic N) is 1. The van der Waals surface area contributed by atoms with Gasteiger partial charge in [0.15, 0.2) is 12.2 Å². The summed E-state index contributed by atoms with van der Waals surface area (Å²) in [6.45, 7) is 5.93. The van der Waals surface area contributed by atoms with Gasteiger partial charge in [0.05, 0.1) is 18.4 Å². The quantitative estimate of drug-likeness (QED) is 0.123. The molecule has 0 aliphatic carbocycles. The number of unbranched alkanes of at least 4 members (excludes halogenated alkanes) is 11. The van der Waals surface area contributed by atoms with E-state index in [1.807, 2.05) is 36.4 Å². The van der Waals surface area contributed by atoms with Crippen LogP contribution in [0, 0.1) is 6.92 Å². The Labute approximate surface area is 234 Å². The molecule has 0 bridgehead atoms. The Bertz CT molecular complexity index is 1080. The standard InChI is InChI=1S/C33H46N2O2S/c1-3-4-5-6-7-8-9-10-11-12-13-14-21-37-32-20-16-17-29(23-32)24-33(36)34-31-19-15-18-30(22-31)25-35-27-38-26-28(35)2/h15-20,22-23,26-27H,3-14,21,24-25H2,1-2H3/p+1. The molecule has 38 heavy (non-hydrogen) atoms. The first-order valence-electron chi connectivity index (χ1n) is 14.7. The number of nitrogens with one attached hydrogen (secondary N) is 1. The first kappa shape index (κ1) is 29.9. The number of carbonyl (C=O) groups excluding carboxylic acids is 1. The molecule has 3 aromatic rings. The number of hydrogen-bond donors (Lipinski definition) is 1. The molecule has 0 saturated carbocycles. The lowest BCUT2D eigenvalue weighted by molar-refractivity contribution is -0.689. The van der Waals surface area contributed by atoms with Crippen LogP contribution in [0.3, 0.4) is 0 Å². The van der Waals surface area contributed by atoms with Gasteiger partial charge in [0.25, 0.3) is 0 Å². The molecule has 206 valence electrons. The van der Waals surface area contributed by atoms with Crippen LogP contribution in [0.5, 0.6) is 5.75 Å². The summed E-state index contributed by atoms with van der Waals surface area (Å²) in [6, 6.07) is 16.0. The molecule has 0 atom stereocenters. The van der Waals surface area contributed by atoms with Gasteiger partial charge in [0.2, 0.25) is 11.4 Å². The van der Waals surface area contributed by atoms with Gasteiger partial charge >= 0.3 is 0 Å². The Balaban J connectivity index is 1.29. The number of aryl methyl sites for hydroxylation is 1. The van der Waals surface area contributed by atoms with E-state index in [1.165, 1.54) is 81.9 Å². The summed E-state index contributed by atoms with van der Waals surface area (Å²) in [6.07, 6.45) is 16.4. The topological polar surface area (TPSA) is 42.2 Å². The predicted octanol–water partition coefficient (Wildman–Crippen LogP) is 8.65. The van der Waals surface area contributed by atoms with Crippen LogP contribution in [0.4, 0.5) is 5.69 Å². The van der Waals surface area contributed by atoms with Crippen molar-refractivity contribution in [3.63, 3.8) is 0 Å². The van der Waals surface area contributed by atoms with E-state index in [2.05, 4.69) is 46.8 Å². The lowest BCUT2D eigenvalue weighted by Gasteiger charge is -2.09. The monoisotopic (exact) mass is 535 g/mol. The van der Waals surface area contributed by atoms with E-state index in [1.54, 1.807) is 11.3 Å². The molecular weight excluding hydrogens is 488 g/mol. The van der Waals surface area contributed by atoms with Crippen LogP contribution in [0.1, 0.15) is 101 Å². The van der Waals surface area contributed by atoms with E-state index >= 15 is 0 Å². The van der Waals surface area contributed by atoms with E-state index in [9.17, 15) is 4.79 Å². The van der Waals surface area contributed by atoms with Gasteiger partial charge in [-0.25, -0.2) is 0 Å². The normalized spacial score (nSPS) is 11.0. The Morgan fingerprint density at radius 3 is 2.18 bits per heavy atom. The van der Waals surface area contributed by atoms with Crippen molar-refractivity contribution < 1.29 is 14.1 Å². The number of benzene rings is 2. The molecule has 2 aromatic carbocycles. The molecule has 0 unspecified atom stereocenters. The average molecular weight is 536 g/mol. The number of anilines is 1. The molecule has 1 amide bonds. The summed E-state index contributed by atoms with van der Waals surface area (Å²) in [5, 5.41) is 5.19. The third kappa shape index (κ3) is 11.8. The van der Waals surface area contributed by atoms with Crippen molar-refractivity contribution in [2.75, 3.05) is 11.9 Å². The Hall–Kier alpha value is -2.66. The minimum absolute atomic E-state index is 0.0142. The van der Waals surface area contributed by atoms with Crippen LogP contribution in [0.2, 0.25) is 0 Å². The van der Waals surface area contributed by atoms with Gasteiger partial charge in [0, 0.05) is 18.2 Å². The third-order valence-electron chi connectivity index (χ3n) is 6.97. The largest absolute Gasteiger partial charge is 0.494 e. The van der Waals surface area contributed by atoms with Crippen molar-refractivity contribution in [1.29, 1.82) is 0 Å². The molecule has 0 fully saturated rings. The van der Waals surface area contributed by atoms with Gasteiger partial charge < -0.3 is 10.1 Å². The molecule has 0 aliphatic heterocycles. The molecule has 0 spiro atoms. The molecule has 4 nitrogen and oxygen atoms in total. The van der Waals surface area contributed by atoms with Crippen molar-refractivity contribution in [2.24, 2.45) is 0 Å². The fraction of sp³-hybridized carbons (Fsp3) is 0.515. The van der Waals surface area contributed by atoms with E-state index in [0.29, 0.717) is 6.42 Å². The van der Waals surface area contributed by atoms with E-state index < -0.39 is 0 Å². The second kappa shape index (κ2) is 17.8. The zero-order valence-electron chi connectivity index (χ0n) is 23.6. The summed E-state index contributed by atoms with van der Waals surface area (Å²) in [5.74, 6) is 0.836. The van der Waals surface area contributed by atoms with E-state index in [4.69, 9.17) is 4.74 Å². The fourth-order valence-electron chi connectivity index (χ4n) is 4.73. The molecule has 1 heterocycles. The summed E-state index contributed by atoms with van der Waals surface area (Å²) >= 11 is 1.70. The number of thiazole rings is 1. The second-order valence-corrected chi connectivity index (χ2v) is 11.2. The number of rotatable bonds is 19. The smallest absolute Gasteiger partial charge is 0.228 e. The predicted molar refractivity (Wildman–Crippen MR) is 160 cm³/mol. The highest BCUT2D eigenvalue weighted by molar-refractivity contribution is 7.07. The first-order valence-corrected chi connectivity index (χ1v) is 15.6. The lowest BCUT2D eigenvalue weighted by atomic mass is 10.1.